The van der Waals surface area contributed by atoms with Gasteiger partial charge in [-0.15, -0.1) is 0 Å². The Morgan fingerprint density at radius 3 is 2.59 bits per heavy atom. The maximum absolute atomic E-state index is 13.6. The number of imidazole rings is 1. The van der Waals surface area contributed by atoms with Crippen LogP contribution in [-0.4, -0.2) is 33.2 Å². The molecule has 9 heteroatoms. The highest BCUT2D eigenvalue weighted by Crippen LogP contribution is 2.34. The number of nitrogens with one attached hydrogen (secondary N) is 1. The second kappa shape index (κ2) is 7.88. The number of fused-ring (bicyclic) bond motifs is 1. The van der Waals surface area contributed by atoms with Crippen LogP contribution in [0.25, 0.3) is 16.9 Å². The first kappa shape index (κ1) is 19.5. The minimum atomic E-state index is -4.63. The minimum absolute atomic E-state index is 0.0632. The molecule has 0 radical (unpaired) electrons. The lowest BCUT2D eigenvalue weighted by atomic mass is 9.89. The molecule has 1 aliphatic carbocycles. The largest absolute Gasteiger partial charge is 0.497 e. The number of anilines is 1. The lowest BCUT2D eigenvalue weighted by Crippen LogP contribution is -2.18. The molecule has 29 heavy (non-hydrogen) atoms. The molecule has 0 bridgehead atoms. The summed E-state index contributed by atoms with van der Waals surface area (Å²) in [5.74, 6) is 0.615. The van der Waals surface area contributed by atoms with Crippen molar-refractivity contribution in [3.63, 3.8) is 0 Å². The quantitative estimate of drug-likeness (QED) is 0.658. The summed E-state index contributed by atoms with van der Waals surface area (Å²) in [5.41, 5.74) is 0.466. The van der Waals surface area contributed by atoms with Crippen molar-refractivity contribution in [3.8, 4) is 11.6 Å². The molecule has 0 unspecified atom stereocenters. The number of nitrogens with zero attached hydrogens (tertiary/aromatic N) is 4. The van der Waals surface area contributed by atoms with E-state index in [2.05, 4.69) is 20.3 Å². The van der Waals surface area contributed by atoms with Crippen molar-refractivity contribution in [2.24, 2.45) is 5.92 Å². The molecule has 1 fully saturated rings. The van der Waals surface area contributed by atoms with Crippen LogP contribution in [0.5, 0.6) is 5.75 Å². The lowest BCUT2D eigenvalue weighted by molar-refractivity contribution is -0.145. The maximum Gasteiger partial charge on any atom is 0.450 e. The van der Waals surface area contributed by atoms with Crippen LogP contribution in [0.2, 0.25) is 0 Å². The topological polar surface area (TPSA) is 64.9 Å². The van der Waals surface area contributed by atoms with Crippen LogP contribution in [-0.2, 0) is 6.18 Å². The van der Waals surface area contributed by atoms with Gasteiger partial charge in [0.15, 0.2) is 5.82 Å². The fourth-order valence-corrected chi connectivity index (χ4v) is 3.78. The first-order valence-electron chi connectivity index (χ1n) is 9.65. The van der Waals surface area contributed by atoms with E-state index in [0.29, 0.717) is 17.5 Å². The van der Waals surface area contributed by atoms with Crippen LogP contribution in [0, 0.1) is 5.92 Å². The molecule has 1 aliphatic rings. The highest BCUT2D eigenvalue weighted by Gasteiger charge is 2.38. The Balaban J connectivity index is 1.63. The van der Waals surface area contributed by atoms with Crippen LogP contribution in [0.15, 0.2) is 30.6 Å². The lowest BCUT2D eigenvalue weighted by Gasteiger charge is -2.21. The highest BCUT2D eigenvalue weighted by atomic mass is 19.4. The number of methoxy groups -OCH3 is 1. The normalized spacial score (nSPS) is 15.6. The Kier molecular flexibility index (Phi) is 5.29. The molecule has 0 atom stereocenters. The smallest absolute Gasteiger partial charge is 0.450 e. The molecular formula is C20H22F3N5O. The SMILES string of the molecule is COc1ccc2c(c1)nc(C(F)(F)F)n2-c1cnc(NCC2CCCCC2)cn1. The second-order valence-electron chi connectivity index (χ2n) is 7.27. The molecule has 3 aromatic rings. The molecule has 154 valence electrons. The molecular weight excluding hydrogens is 383 g/mol. The Morgan fingerprint density at radius 2 is 1.93 bits per heavy atom. The number of rotatable bonds is 5. The van der Waals surface area contributed by atoms with Crippen molar-refractivity contribution in [2.75, 3.05) is 19.0 Å². The Labute approximate surface area is 166 Å². The number of alkyl halides is 3. The van der Waals surface area contributed by atoms with Gasteiger partial charge in [0.25, 0.3) is 0 Å². The van der Waals surface area contributed by atoms with Crippen molar-refractivity contribution in [2.45, 2.75) is 38.3 Å². The Morgan fingerprint density at radius 1 is 1.14 bits per heavy atom. The van der Waals surface area contributed by atoms with E-state index in [-0.39, 0.29) is 16.9 Å². The summed E-state index contributed by atoms with van der Waals surface area (Å²) in [6.07, 6.45) is 4.34. The molecule has 0 aliphatic heterocycles. The van der Waals surface area contributed by atoms with Gasteiger partial charge in [-0.2, -0.15) is 13.2 Å². The van der Waals surface area contributed by atoms with Crippen molar-refractivity contribution >= 4 is 16.9 Å². The summed E-state index contributed by atoms with van der Waals surface area (Å²) < 4.78 is 46.8. The van der Waals surface area contributed by atoms with Gasteiger partial charge in [-0.25, -0.2) is 15.0 Å². The summed E-state index contributed by atoms with van der Waals surface area (Å²) in [6, 6.07) is 4.59. The predicted octanol–water partition coefficient (Wildman–Crippen LogP) is 4.84. The molecule has 1 aromatic carbocycles. The van der Waals surface area contributed by atoms with Gasteiger partial charge in [-0.3, -0.25) is 4.57 Å². The molecule has 1 N–H and O–H groups in total. The third-order valence-corrected chi connectivity index (χ3v) is 5.28. The fourth-order valence-electron chi connectivity index (χ4n) is 3.78. The standard InChI is InChI=1S/C20H22F3N5O/c1-29-14-7-8-16-15(9-14)27-19(20(21,22)23)28(16)18-12-25-17(11-26-18)24-10-13-5-3-2-4-6-13/h7-9,11-13H,2-6,10H2,1H3,(H,24,25). The van der Waals surface area contributed by atoms with E-state index in [1.165, 1.54) is 63.7 Å². The zero-order valence-electron chi connectivity index (χ0n) is 16.0. The number of halogens is 3. The number of benzene rings is 1. The number of hydrogen-bond donors (Lipinski definition) is 1. The van der Waals surface area contributed by atoms with E-state index in [1.807, 2.05) is 0 Å². The van der Waals surface area contributed by atoms with Crippen molar-refractivity contribution in [1.82, 2.24) is 19.5 Å². The minimum Gasteiger partial charge on any atom is -0.497 e. The van der Waals surface area contributed by atoms with Gasteiger partial charge in [0.05, 0.1) is 30.5 Å². The van der Waals surface area contributed by atoms with E-state index in [4.69, 9.17) is 4.74 Å². The van der Waals surface area contributed by atoms with E-state index in [0.717, 1.165) is 11.1 Å². The van der Waals surface area contributed by atoms with E-state index in [9.17, 15) is 13.2 Å². The van der Waals surface area contributed by atoms with Crippen LogP contribution in [0.1, 0.15) is 37.9 Å². The third-order valence-electron chi connectivity index (χ3n) is 5.28. The second-order valence-corrected chi connectivity index (χ2v) is 7.27. The number of aromatic nitrogens is 4. The molecule has 0 spiro atoms. The van der Waals surface area contributed by atoms with Gasteiger partial charge in [0.2, 0.25) is 5.82 Å². The first-order valence-corrected chi connectivity index (χ1v) is 9.65. The van der Waals surface area contributed by atoms with Crippen LogP contribution in [0.4, 0.5) is 19.0 Å². The molecule has 2 aromatic heterocycles. The summed E-state index contributed by atoms with van der Waals surface area (Å²) >= 11 is 0. The van der Waals surface area contributed by atoms with Crippen LogP contribution < -0.4 is 10.1 Å². The van der Waals surface area contributed by atoms with Crippen molar-refractivity contribution < 1.29 is 17.9 Å². The average Bonchev–Trinajstić information content (AvgIpc) is 3.12. The average molecular weight is 405 g/mol. The fraction of sp³-hybridized carbons (Fsp3) is 0.450. The molecule has 2 heterocycles. The maximum atomic E-state index is 13.6. The zero-order valence-corrected chi connectivity index (χ0v) is 16.0. The molecule has 1 saturated carbocycles. The van der Waals surface area contributed by atoms with Crippen LogP contribution in [0.3, 0.4) is 0 Å². The van der Waals surface area contributed by atoms with E-state index in [1.54, 1.807) is 6.07 Å². The van der Waals surface area contributed by atoms with Gasteiger partial charge in [-0.1, -0.05) is 19.3 Å². The number of ether oxygens (including phenoxy) is 1. The van der Waals surface area contributed by atoms with Gasteiger partial charge >= 0.3 is 6.18 Å². The molecule has 0 saturated heterocycles. The number of hydrogen-bond acceptors (Lipinski definition) is 5. The Hall–Kier alpha value is -2.84. The summed E-state index contributed by atoms with van der Waals surface area (Å²) in [6.45, 7) is 0.801. The molecule has 6 nitrogen and oxygen atoms in total. The van der Waals surface area contributed by atoms with Crippen LogP contribution >= 0.6 is 0 Å². The third kappa shape index (κ3) is 4.13. The van der Waals surface area contributed by atoms with Gasteiger partial charge in [-0.05, 0) is 30.9 Å². The van der Waals surface area contributed by atoms with Gasteiger partial charge < -0.3 is 10.1 Å². The highest BCUT2D eigenvalue weighted by molar-refractivity contribution is 5.79. The summed E-state index contributed by atoms with van der Waals surface area (Å²) in [7, 11) is 1.45. The van der Waals surface area contributed by atoms with Crippen molar-refractivity contribution in [1.29, 1.82) is 0 Å². The monoisotopic (exact) mass is 405 g/mol. The van der Waals surface area contributed by atoms with Crippen molar-refractivity contribution in [3.05, 3.63) is 36.4 Å². The molecule has 4 rings (SSSR count). The van der Waals surface area contributed by atoms with Gasteiger partial charge in [0, 0.05) is 12.6 Å². The summed E-state index contributed by atoms with van der Waals surface area (Å²) in [5, 5.41) is 3.25. The Bertz CT molecular complexity index is 978. The first-order chi connectivity index (χ1) is 14.0. The van der Waals surface area contributed by atoms with E-state index < -0.39 is 12.0 Å². The molecule has 0 amide bonds. The predicted molar refractivity (Wildman–Crippen MR) is 103 cm³/mol. The van der Waals surface area contributed by atoms with E-state index >= 15 is 0 Å². The zero-order chi connectivity index (χ0) is 20.4. The van der Waals surface area contributed by atoms with Gasteiger partial charge in [0.1, 0.15) is 11.6 Å². The summed E-state index contributed by atoms with van der Waals surface area (Å²) in [4.78, 5) is 12.3.